The third-order valence-corrected chi connectivity index (χ3v) is 4.81. The summed E-state index contributed by atoms with van der Waals surface area (Å²) >= 11 is 3.41. The van der Waals surface area contributed by atoms with Gasteiger partial charge in [-0.2, -0.15) is 0 Å². The van der Waals surface area contributed by atoms with Gasteiger partial charge in [-0.05, 0) is 0 Å². The van der Waals surface area contributed by atoms with Gasteiger partial charge in [0.05, 0.1) is 6.33 Å². The molecule has 0 unspecified atom stereocenters. The quantitative estimate of drug-likeness (QED) is 0.752. The van der Waals surface area contributed by atoms with Crippen LogP contribution in [0.3, 0.4) is 0 Å². The number of hydrogen-bond donors (Lipinski definition) is 1. The maximum absolute atomic E-state index is 4.72. The van der Waals surface area contributed by atoms with Gasteiger partial charge in [-0.25, -0.2) is 15.0 Å². The summed E-state index contributed by atoms with van der Waals surface area (Å²) < 4.78 is 3.07. The fourth-order valence-electron chi connectivity index (χ4n) is 1.99. The number of pyridine rings is 1. The number of anilines is 1. The first-order valence-corrected chi connectivity index (χ1v) is 7.75. The number of nitrogens with zero attached hydrogens (tertiary/aromatic N) is 4. The second kappa shape index (κ2) is 4.64. The fourth-order valence-corrected chi connectivity index (χ4v) is 4.22. The Morgan fingerprint density at radius 2 is 2.11 bits per heavy atom. The molecule has 3 aromatic rings. The Morgan fingerprint density at radius 3 is 2.79 bits per heavy atom. The van der Waals surface area contributed by atoms with Gasteiger partial charge >= 0.3 is 0 Å². The molecule has 19 heavy (non-hydrogen) atoms. The minimum absolute atomic E-state index is 0.520. The van der Waals surface area contributed by atoms with Crippen LogP contribution in [0.4, 0.5) is 5.82 Å². The Morgan fingerprint density at radius 1 is 1.32 bits per heavy atom. The molecule has 0 bridgehead atoms. The minimum Gasteiger partial charge on any atom is -0.371 e. The van der Waals surface area contributed by atoms with Crippen LogP contribution in [-0.4, -0.2) is 31.8 Å². The minimum atomic E-state index is 0.520. The zero-order valence-electron chi connectivity index (χ0n) is 11.3. The Hall–Kier alpha value is -1.34. The number of thioether (sulfide) groups is 1. The number of nitrogens with one attached hydrogen (secondary N) is 1. The molecule has 0 saturated carbocycles. The second-order valence-electron chi connectivity index (χ2n) is 4.56. The Bertz CT molecular complexity index is 743. The maximum Gasteiger partial charge on any atom is 0.155 e. The molecular formula is C12H15N5S2. The first kappa shape index (κ1) is 12.7. The third kappa shape index (κ3) is 2.06. The molecular weight excluding hydrogens is 278 g/mol. The lowest BCUT2D eigenvalue weighted by Crippen LogP contribution is -1.95. The lowest BCUT2D eigenvalue weighted by Gasteiger charge is -2.01. The summed E-state index contributed by atoms with van der Waals surface area (Å²) in [5.41, 5.74) is 2.87. The van der Waals surface area contributed by atoms with Crippen molar-refractivity contribution in [3.8, 4) is 0 Å². The number of fused-ring (bicyclic) bond motifs is 3. The molecule has 3 heterocycles. The van der Waals surface area contributed by atoms with E-state index in [9.17, 15) is 0 Å². The average molecular weight is 293 g/mol. The highest BCUT2D eigenvalue weighted by atomic mass is 32.2. The Labute approximate surface area is 119 Å². The number of thiazole rings is 1. The van der Waals surface area contributed by atoms with E-state index in [0.29, 0.717) is 5.25 Å². The van der Waals surface area contributed by atoms with Crippen molar-refractivity contribution in [2.45, 2.75) is 23.4 Å². The summed E-state index contributed by atoms with van der Waals surface area (Å²) in [4.78, 5) is 14.7. The summed E-state index contributed by atoms with van der Waals surface area (Å²) in [6.07, 6.45) is 1.81. The average Bonchev–Trinajstić information content (AvgIpc) is 2.90. The SMILES string of the molecule is CNc1nc2sc(SC(C)C)nc2c2c1ncn2C. The summed E-state index contributed by atoms with van der Waals surface area (Å²) in [5.74, 6) is 0.813. The van der Waals surface area contributed by atoms with Gasteiger partial charge in [0.2, 0.25) is 0 Å². The van der Waals surface area contributed by atoms with Gasteiger partial charge in [-0.1, -0.05) is 36.9 Å². The van der Waals surface area contributed by atoms with E-state index in [2.05, 4.69) is 29.1 Å². The number of hydrogen-bond acceptors (Lipinski definition) is 6. The van der Waals surface area contributed by atoms with E-state index in [1.807, 2.05) is 18.7 Å². The van der Waals surface area contributed by atoms with Crippen LogP contribution in [-0.2, 0) is 7.05 Å². The predicted octanol–water partition coefficient (Wildman–Crippen LogP) is 3.12. The monoisotopic (exact) mass is 293 g/mol. The smallest absolute Gasteiger partial charge is 0.155 e. The number of aromatic nitrogens is 4. The molecule has 5 nitrogen and oxygen atoms in total. The number of imidazole rings is 1. The van der Waals surface area contributed by atoms with Crippen molar-refractivity contribution in [3.05, 3.63) is 6.33 Å². The van der Waals surface area contributed by atoms with Crippen molar-refractivity contribution in [2.24, 2.45) is 7.05 Å². The molecule has 0 amide bonds. The van der Waals surface area contributed by atoms with Gasteiger partial charge in [0.1, 0.15) is 21.4 Å². The third-order valence-electron chi connectivity index (χ3n) is 2.76. The summed E-state index contributed by atoms with van der Waals surface area (Å²) in [6.45, 7) is 4.34. The molecule has 0 atom stereocenters. The van der Waals surface area contributed by atoms with Crippen LogP contribution in [0, 0.1) is 0 Å². The van der Waals surface area contributed by atoms with Crippen LogP contribution in [0.25, 0.3) is 21.4 Å². The van der Waals surface area contributed by atoms with E-state index in [4.69, 9.17) is 4.98 Å². The predicted molar refractivity (Wildman–Crippen MR) is 82.2 cm³/mol. The molecule has 0 saturated heterocycles. The largest absolute Gasteiger partial charge is 0.371 e. The second-order valence-corrected chi connectivity index (χ2v) is 7.36. The Kier molecular flexibility index (Phi) is 3.10. The molecule has 0 spiro atoms. The molecule has 3 aromatic heterocycles. The highest BCUT2D eigenvalue weighted by Crippen LogP contribution is 2.35. The van der Waals surface area contributed by atoms with E-state index in [1.165, 1.54) is 0 Å². The van der Waals surface area contributed by atoms with E-state index in [0.717, 1.165) is 31.5 Å². The van der Waals surface area contributed by atoms with Crippen LogP contribution >= 0.6 is 23.1 Å². The van der Waals surface area contributed by atoms with Gasteiger partial charge in [0.25, 0.3) is 0 Å². The Balaban J connectivity index is 2.31. The van der Waals surface area contributed by atoms with Gasteiger partial charge in [-0.15, -0.1) is 0 Å². The van der Waals surface area contributed by atoms with Crippen LogP contribution in [0.15, 0.2) is 10.7 Å². The normalized spacial score (nSPS) is 11.8. The highest BCUT2D eigenvalue weighted by Gasteiger charge is 2.16. The molecule has 0 aromatic carbocycles. The lowest BCUT2D eigenvalue weighted by atomic mass is 10.3. The molecule has 7 heteroatoms. The van der Waals surface area contributed by atoms with Crippen molar-refractivity contribution in [2.75, 3.05) is 12.4 Å². The zero-order valence-corrected chi connectivity index (χ0v) is 12.9. The van der Waals surface area contributed by atoms with Crippen LogP contribution in [0.5, 0.6) is 0 Å². The van der Waals surface area contributed by atoms with E-state index >= 15 is 0 Å². The number of rotatable bonds is 3. The van der Waals surface area contributed by atoms with Crippen LogP contribution < -0.4 is 5.32 Å². The van der Waals surface area contributed by atoms with E-state index < -0.39 is 0 Å². The molecule has 0 aliphatic rings. The molecule has 100 valence electrons. The van der Waals surface area contributed by atoms with E-state index in [1.54, 1.807) is 29.4 Å². The first-order chi connectivity index (χ1) is 9.10. The molecule has 0 fully saturated rings. The summed E-state index contributed by atoms with van der Waals surface area (Å²) in [5, 5.41) is 3.63. The fraction of sp³-hybridized carbons (Fsp3) is 0.417. The van der Waals surface area contributed by atoms with Gasteiger partial charge in [-0.3, -0.25) is 0 Å². The van der Waals surface area contributed by atoms with Gasteiger partial charge in [0.15, 0.2) is 10.2 Å². The summed E-state index contributed by atoms with van der Waals surface area (Å²) in [7, 11) is 3.86. The highest BCUT2D eigenvalue weighted by molar-refractivity contribution is 8.01. The van der Waals surface area contributed by atoms with Crippen LogP contribution in [0.2, 0.25) is 0 Å². The van der Waals surface area contributed by atoms with Crippen molar-refractivity contribution < 1.29 is 0 Å². The molecule has 0 radical (unpaired) electrons. The zero-order chi connectivity index (χ0) is 13.6. The summed E-state index contributed by atoms with van der Waals surface area (Å²) in [6, 6.07) is 0. The van der Waals surface area contributed by atoms with Crippen molar-refractivity contribution >= 4 is 50.3 Å². The maximum atomic E-state index is 4.72. The van der Waals surface area contributed by atoms with Gasteiger partial charge in [0, 0.05) is 19.3 Å². The van der Waals surface area contributed by atoms with E-state index in [-0.39, 0.29) is 0 Å². The number of aryl methyl sites for hydroxylation is 1. The van der Waals surface area contributed by atoms with Crippen LogP contribution in [0.1, 0.15) is 13.8 Å². The molecule has 3 rings (SSSR count). The van der Waals surface area contributed by atoms with Crippen molar-refractivity contribution in [1.29, 1.82) is 0 Å². The molecule has 1 N–H and O–H groups in total. The van der Waals surface area contributed by atoms with Gasteiger partial charge < -0.3 is 9.88 Å². The standard InChI is InChI=1S/C12H15N5S2/c1-6(2)18-12-15-8-9-7(14-5-17(9)4)10(13-3)16-11(8)19-12/h5-6H,1-4H3,(H,13,16). The molecule has 0 aliphatic carbocycles. The van der Waals surface area contributed by atoms with Crippen molar-refractivity contribution in [1.82, 2.24) is 19.5 Å². The molecule has 0 aliphatic heterocycles. The first-order valence-electron chi connectivity index (χ1n) is 6.06. The lowest BCUT2D eigenvalue weighted by molar-refractivity contribution is 0.949. The van der Waals surface area contributed by atoms with Crippen molar-refractivity contribution in [3.63, 3.8) is 0 Å². The topological polar surface area (TPSA) is 55.6 Å².